The van der Waals surface area contributed by atoms with Crippen molar-refractivity contribution in [2.24, 2.45) is 22.7 Å². The largest absolute Gasteiger partial charge is 0.380 e. The Bertz CT molecular complexity index is 411. The molecule has 2 nitrogen and oxygen atoms in total. The van der Waals surface area contributed by atoms with E-state index in [-0.39, 0.29) is 10.8 Å². The Kier molecular flexibility index (Phi) is 2.71. The lowest BCUT2D eigenvalue weighted by Crippen LogP contribution is -2.56. The van der Waals surface area contributed by atoms with Crippen LogP contribution in [-0.4, -0.2) is 19.0 Å². The monoisotopic (exact) mass is 248 g/mol. The van der Waals surface area contributed by atoms with Crippen LogP contribution in [0.15, 0.2) is 11.6 Å². The van der Waals surface area contributed by atoms with E-state index in [1.807, 2.05) is 0 Å². The molecule has 2 fully saturated rings. The van der Waals surface area contributed by atoms with Gasteiger partial charge in [0, 0.05) is 13.0 Å². The van der Waals surface area contributed by atoms with Crippen LogP contribution in [0.1, 0.15) is 46.5 Å². The third kappa shape index (κ3) is 1.36. The molecule has 2 heteroatoms. The maximum atomic E-state index is 12.8. The maximum Gasteiger partial charge on any atom is 0.145 e. The van der Waals surface area contributed by atoms with E-state index in [0.717, 1.165) is 32.3 Å². The van der Waals surface area contributed by atoms with Crippen LogP contribution >= 0.6 is 0 Å². The molecule has 1 aliphatic heterocycles. The number of hydrogen-bond acceptors (Lipinski definition) is 2. The van der Waals surface area contributed by atoms with Crippen molar-refractivity contribution in [3.8, 4) is 0 Å². The van der Waals surface area contributed by atoms with Crippen LogP contribution in [0.3, 0.4) is 0 Å². The van der Waals surface area contributed by atoms with Gasteiger partial charge in [0.05, 0.1) is 12.0 Å². The Morgan fingerprint density at radius 3 is 3.00 bits per heavy atom. The average molecular weight is 248 g/mol. The van der Waals surface area contributed by atoms with E-state index >= 15 is 0 Å². The van der Waals surface area contributed by atoms with Crippen molar-refractivity contribution in [3.05, 3.63) is 11.6 Å². The van der Waals surface area contributed by atoms with E-state index in [1.165, 1.54) is 5.57 Å². The van der Waals surface area contributed by atoms with Crippen LogP contribution in [0.2, 0.25) is 0 Å². The van der Waals surface area contributed by atoms with Gasteiger partial charge in [0.25, 0.3) is 0 Å². The van der Waals surface area contributed by atoms with Gasteiger partial charge in [-0.1, -0.05) is 25.5 Å². The summed E-state index contributed by atoms with van der Waals surface area (Å²) in [5.41, 5.74) is 1.28. The van der Waals surface area contributed by atoms with Crippen LogP contribution < -0.4 is 0 Å². The molecule has 1 heterocycles. The highest BCUT2D eigenvalue weighted by molar-refractivity contribution is 5.90. The van der Waals surface area contributed by atoms with Gasteiger partial charge in [-0.15, -0.1) is 0 Å². The highest BCUT2D eigenvalue weighted by atomic mass is 16.5. The second-order valence-electron chi connectivity index (χ2n) is 6.83. The van der Waals surface area contributed by atoms with Crippen molar-refractivity contribution in [1.82, 2.24) is 0 Å². The topological polar surface area (TPSA) is 26.3 Å². The molecule has 1 saturated heterocycles. The normalized spacial score (nSPS) is 48.2. The van der Waals surface area contributed by atoms with E-state index in [9.17, 15) is 4.79 Å². The molecule has 4 atom stereocenters. The summed E-state index contributed by atoms with van der Waals surface area (Å²) in [4.78, 5) is 12.8. The number of carbonyl (C=O) groups excluding carboxylic acids is 1. The molecule has 100 valence electrons. The lowest BCUT2D eigenvalue weighted by molar-refractivity contribution is -0.146. The minimum Gasteiger partial charge on any atom is -0.380 e. The third-order valence-electron chi connectivity index (χ3n) is 6.23. The van der Waals surface area contributed by atoms with Gasteiger partial charge in [-0.25, -0.2) is 0 Å². The molecule has 0 aromatic rings. The van der Waals surface area contributed by atoms with Crippen LogP contribution in [0.5, 0.6) is 0 Å². The van der Waals surface area contributed by atoms with Gasteiger partial charge in [-0.3, -0.25) is 4.79 Å². The third-order valence-corrected chi connectivity index (χ3v) is 6.23. The highest BCUT2D eigenvalue weighted by Gasteiger charge is 2.60. The summed E-state index contributed by atoms with van der Waals surface area (Å²) in [5, 5.41) is 0. The van der Waals surface area contributed by atoms with Gasteiger partial charge < -0.3 is 4.74 Å². The van der Waals surface area contributed by atoms with E-state index in [0.29, 0.717) is 24.2 Å². The number of ether oxygens (including phenoxy) is 1. The summed E-state index contributed by atoms with van der Waals surface area (Å²) in [6.45, 7) is 8.26. The van der Waals surface area contributed by atoms with E-state index in [2.05, 4.69) is 26.8 Å². The molecule has 3 aliphatic rings. The van der Waals surface area contributed by atoms with Crippen LogP contribution in [0.25, 0.3) is 0 Å². The second kappa shape index (κ2) is 3.93. The molecule has 3 rings (SSSR count). The predicted octanol–water partition coefficient (Wildman–Crippen LogP) is 3.36. The number of rotatable bonds is 0. The van der Waals surface area contributed by atoms with Gasteiger partial charge in [0.1, 0.15) is 5.78 Å². The molecule has 0 amide bonds. The zero-order chi connectivity index (χ0) is 13.0. The molecule has 0 aromatic heterocycles. The SMILES string of the molecule is CC1=CCC[C@@H]2[C@@]13COCC[C@@]2(C)[C@H](C)CC3=O. The average Bonchev–Trinajstić information content (AvgIpc) is 2.46. The van der Waals surface area contributed by atoms with Crippen LogP contribution in [-0.2, 0) is 9.53 Å². The summed E-state index contributed by atoms with van der Waals surface area (Å²) in [5.74, 6) is 1.43. The fourth-order valence-electron chi connectivity index (χ4n) is 4.75. The number of ketones is 1. The molecule has 0 unspecified atom stereocenters. The van der Waals surface area contributed by atoms with E-state index in [1.54, 1.807) is 0 Å². The number of allylic oxidation sites excluding steroid dienone is 1. The van der Waals surface area contributed by atoms with E-state index < -0.39 is 0 Å². The zero-order valence-corrected chi connectivity index (χ0v) is 11.8. The molecular weight excluding hydrogens is 224 g/mol. The lowest BCUT2D eigenvalue weighted by Gasteiger charge is -2.56. The first-order valence-corrected chi connectivity index (χ1v) is 7.30. The molecule has 18 heavy (non-hydrogen) atoms. The molecule has 0 N–H and O–H groups in total. The van der Waals surface area contributed by atoms with Gasteiger partial charge in [0.2, 0.25) is 0 Å². The summed E-state index contributed by atoms with van der Waals surface area (Å²) < 4.78 is 5.86. The van der Waals surface area contributed by atoms with Crippen LogP contribution in [0.4, 0.5) is 0 Å². The van der Waals surface area contributed by atoms with Crippen molar-refractivity contribution in [3.63, 3.8) is 0 Å². The molecule has 2 bridgehead atoms. The molecule has 0 radical (unpaired) electrons. The minimum atomic E-state index is -0.282. The summed E-state index contributed by atoms with van der Waals surface area (Å²) in [7, 11) is 0. The van der Waals surface area contributed by atoms with Crippen molar-refractivity contribution < 1.29 is 9.53 Å². The summed E-state index contributed by atoms with van der Waals surface area (Å²) in [6, 6.07) is 0. The van der Waals surface area contributed by atoms with Gasteiger partial charge in [-0.05, 0) is 43.4 Å². The molecule has 2 aliphatic carbocycles. The Balaban J connectivity index is 2.17. The number of carbonyl (C=O) groups is 1. The predicted molar refractivity (Wildman–Crippen MR) is 71.2 cm³/mol. The lowest BCUT2D eigenvalue weighted by atomic mass is 9.46. The molecule has 0 spiro atoms. The smallest absolute Gasteiger partial charge is 0.145 e. The first-order chi connectivity index (χ1) is 8.52. The first-order valence-electron chi connectivity index (χ1n) is 7.30. The van der Waals surface area contributed by atoms with Gasteiger partial charge >= 0.3 is 0 Å². The Morgan fingerprint density at radius 1 is 1.44 bits per heavy atom. The molecule has 1 saturated carbocycles. The highest BCUT2D eigenvalue weighted by Crippen LogP contribution is 2.61. The summed E-state index contributed by atoms with van der Waals surface area (Å²) in [6.07, 6.45) is 6.42. The quantitative estimate of drug-likeness (QED) is 0.614. The zero-order valence-electron chi connectivity index (χ0n) is 11.8. The van der Waals surface area contributed by atoms with Crippen molar-refractivity contribution in [2.75, 3.05) is 13.2 Å². The maximum absolute atomic E-state index is 12.8. The van der Waals surface area contributed by atoms with E-state index in [4.69, 9.17) is 4.74 Å². The fraction of sp³-hybridized carbons (Fsp3) is 0.812. The Morgan fingerprint density at radius 2 is 2.22 bits per heavy atom. The second-order valence-corrected chi connectivity index (χ2v) is 6.83. The summed E-state index contributed by atoms with van der Waals surface area (Å²) >= 11 is 0. The van der Waals surface area contributed by atoms with Gasteiger partial charge in [-0.2, -0.15) is 0 Å². The Hall–Kier alpha value is -0.630. The first kappa shape index (κ1) is 12.4. The van der Waals surface area contributed by atoms with Gasteiger partial charge in [0.15, 0.2) is 0 Å². The standard InChI is InChI=1S/C16H24O2/c1-11-5-4-6-13-15(3)7-8-18-10-16(11,13)14(17)9-12(15)2/h5,12-13H,4,6-10H2,1-3H3/t12-,13+,15+,16-/m1/s1. The van der Waals surface area contributed by atoms with Crippen molar-refractivity contribution >= 4 is 5.78 Å². The number of hydrogen-bond donors (Lipinski definition) is 0. The molecular formula is C16H24O2. The molecule has 0 aromatic carbocycles. The number of Topliss-reactive ketones (excluding diaryl/α,β-unsaturated/α-hetero) is 1. The fourth-order valence-corrected chi connectivity index (χ4v) is 4.75. The van der Waals surface area contributed by atoms with Crippen molar-refractivity contribution in [2.45, 2.75) is 46.5 Å². The minimum absolute atomic E-state index is 0.278. The van der Waals surface area contributed by atoms with Crippen molar-refractivity contribution in [1.29, 1.82) is 0 Å². The van der Waals surface area contributed by atoms with Crippen LogP contribution in [0, 0.1) is 22.7 Å². The Labute approximate surface area is 110 Å².